The molecular formula is C24H30FNO5Si. The predicted octanol–water partition coefficient (Wildman–Crippen LogP) is 4.76. The van der Waals surface area contributed by atoms with Crippen molar-refractivity contribution in [2.75, 3.05) is 25.2 Å². The number of hydrogen-bond donors (Lipinski definition) is 1. The maximum absolute atomic E-state index is 15.1. The van der Waals surface area contributed by atoms with Crippen molar-refractivity contribution in [2.24, 2.45) is 5.92 Å². The summed E-state index contributed by atoms with van der Waals surface area (Å²) in [5.74, 6) is 0.988. The van der Waals surface area contributed by atoms with Crippen molar-refractivity contribution in [2.45, 2.75) is 44.2 Å². The van der Waals surface area contributed by atoms with E-state index in [1.807, 2.05) is 49.4 Å². The average Bonchev–Trinajstić information content (AvgIpc) is 2.76. The molecule has 32 heavy (non-hydrogen) atoms. The van der Waals surface area contributed by atoms with Crippen molar-refractivity contribution in [3.8, 4) is 11.5 Å². The van der Waals surface area contributed by atoms with Crippen molar-refractivity contribution >= 4 is 25.7 Å². The first-order valence-corrected chi connectivity index (χ1v) is 13.9. The molecule has 2 aliphatic heterocycles. The molecule has 0 aliphatic carbocycles. The Hall–Kier alpha value is -2.42. The average molecular weight is 460 g/mol. The topological polar surface area (TPSA) is 68.2 Å². The zero-order valence-corrected chi connectivity index (χ0v) is 19.9. The van der Waals surface area contributed by atoms with Crippen LogP contribution in [-0.2, 0) is 9.53 Å². The van der Waals surface area contributed by atoms with Gasteiger partial charge in [0.1, 0.15) is 17.6 Å². The van der Waals surface area contributed by atoms with Crippen molar-refractivity contribution in [1.82, 2.24) is 0 Å². The van der Waals surface area contributed by atoms with Crippen LogP contribution in [0.15, 0.2) is 42.5 Å². The zero-order chi connectivity index (χ0) is 23.0. The minimum absolute atomic E-state index is 0.0319. The lowest BCUT2D eigenvalue weighted by Gasteiger charge is -2.43. The van der Waals surface area contributed by atoms with Gasteiger partial charge in [-0.2, -0.15) is 0 Å². The highest BCUT2D eigenvalue weighted by Gasteiger charge is 2.47. The van der Waals surface area contributed by atoms with Gasteiger partial charge in [-0.25, -0.2) is 0 Å². The van der Waals surface area contributed by atoms with Gasteiger partial charge in [-0.05, 0) is 49.8 Å². The Labute approximate surface area is 189 Å². The fourth-order valence-corrected chi connectivity index (χ4v) is 6.90. The number of aliphatic hydroxyl groups excluding tert-OH is 1. The van der Waals surface area contributed by atoms with Crippen molar-refractivity contribution < 1.29 is 28.2 Å². The molecule has 1 amide bonds. The van der Waals surface area contributed by atoms with E-state index in [-0.39, 0.29) is 36.7 Å². The first kappa shape index (κ1) is 22.8. The zero-order valence-electron chi connectivity index (χ0n) is 18.9. The molecule has 2 aliphatic rings. The van der Waals surface area contributed by atoms with Crippen molar-refractivity contribution in [3.63, 3.8) is 0 Å². The number of hydrogen-bond acceptors (Lipinski definition) is 5. The molecule has 4 atom stereocenters. The van der Waals surface area contributed by atoms with E-state index in [0.717, 1.165) is 5.56 Å². The van der Waals surface area contributed by atoms with Gasteiger partial charge in [0.05, 0.1) is 11.8 Å². The number of amides is 1. The van der Waals surface area contributed by atoms with Crippen LogP contribution in [0.4, 0.5) is 15.5 Å². The van der Waals surface area contributed by atoms with Crippen LogP contribution in [0.25, 0.3) is 0 Å². The maximum Gasteiger partial charge on any atom is 0.269 e. The van der Waals surface area contributed by atoms with E-state index in [0.29, 0.717) is 29.3 Å². The second-order valence-electron chi connectivity index (χ2n) is 8.99. The first-order chi connectivity index (χ1) is 15.3. The normalized spacial score (nSPS) is 23.6. The molecule has 2 aromatic carbocycles. The summed E-state index contributed by atoms with van der Waals surface area (Å²) in [4.78, 5) is 14.4. The van der Waals surface area contributed by atoms with Crippen LogP contribution in [0.1, 0.15) is 25.0 Å². The summed E-state index contributed by atoms with van der Waals surface area (Å²) in [5.41, 5.74) is 1.86. The van der Waals surface area contributed by atoms with E-state index >= 15 is 4.11 Å². The van der Waals surface area contributed by atoms with Crippen LogP contribution < -0.4 is 14.4 Å². The van der Waals surface area contributed by atoms with Gasteiger partial charge in [-0.3, -0.25) is 9.69 Å². The van der Waals surface area contributed by atoms with Crippen molar-refractivity contribution in [1.29, 1.82) is 0 Å². The molecule has 1 N–H and O–H groups in total. The molecule has 2 heterocycles. The summed E-state index contributed by atoms with van der Waals surface area (Å²) in [5, 5.41) is 9.54. The van der Waals surface area contributed by atoms with Gasteiger partial charge >= 0.3 is 0 Å². The molecule has 0 bridgehead atoms. The first-order valence-electron chi connectivity index (χ1n) is 10.9. The number of carbonyl (C=O) groups excluding carboxylic acids is 1. The summed E-state index contributed by atoms with van der Waals surface area (Å²) in [7, 11) is -1.46. The SMILES string of the molecule is CO[C@H]1c2cc(N3C(=O)COc4ccccc43)ccc2O[C@@H](C(CCO)[Si](C)(C)F)[C@@H]1C. The van der Waals surface area contributed by atoms with Gasteiger partial charge in [0.25, 0.3) is 5.91 Å². The molecular weight excluding hydrogens is 429 g/mol. The standard InChI is InChI=1S/C24H30FNO5Si/c1-15-23(29-2)17-13-16(26-18-7-5-6-8-20(18)30-14-22(26)28)9-10-19(17)31-24(15)21(11-12-27)32(3,4)25/h5-10,13,15,21,23-24,27H,11-12,14H2,1-4H3/t15-,21?,23-,24-/m1/s1. The number of methoxy groups -OCH3 is 1. The molecule has 1 unspecified atom stereocenters. The third kappa shape index (κ3) is 4.02. The molecule has 0 spiro atoms. The Morgan fingerprint density at radius 2 is 2.00 bits per heavy atom. The molecule has 0 saturated carbocycles. The Morgan fingerprint density at radius 3 is 2.69 bits per heavy atom. The quantitative estimate of drug-likeness (QED) is 0.499. The minimum Gasteiger partial charge on any atom is -0.490 e. The molecule has 6 nitrogen and oxygen atoms in total. The Balaban J connectivity index is 1.73. The van der Waals surface area contributed by atoms with Crippen LogP contribution in [0.2, 0.25) is 18.6 Å². The van der Waals surface area contributed by atoms with Gasteiger partial charge in [0.2, 0.25) is 8.41 Å². The van der Waals surface area contributed by atoms with Gasteiger partial charge in [0, 0.05) is 36.4 Å². The smallest absolute Gasteiger partial charge is 0.269 e. The van der Waals surface area contributed by atoms with E-state index in [4.69, 9.17) is 14.2 Å². The lowest BCUT2D eigenvalue weighted by molar-refractivity contribution is -0.120. The fourth-order valence-electron chi connectivity index (χ4n) is 4.93. The third-order valence-electron chi connectivity index (χ3n) is 6.50. The number of para-hydroxylation sites is 2. The largest absolute Gasteiger partial charge is 0.490 e. The fraction of sp³-hybridized carbons (Fsp3) is 0.458. The van der Waals surface area contributed by atoms with E-state index in [9.17, 15) is 9.90 Å². The van der Waals surface area contributed by atoms with E-state index in [1.165, 1.54) is 0 Å². The molecule has 2 aromatic rings. The number of ether oxygens (including phenoxy) is 3. The molecule has 8 heteroatoms. The van der Waals surface area contributed by atoms with Gasteiger partial charge in [-0.15, -0.1) is 0 Å². The summed E-state index contributed by atoms with van der Waals surface area (Å²) in [6.07, 6.45) is -0.372. The highest BCUT2D eigenvalue weighted by atomic mass is 28.4. The Kier molecular flexibility index (Phi) is 6.29. The predicted molar refractivity (Wildman–Crippen MR) is 123 cm³/mol. The van der Waals surface area contributed by atoms with Gasteiger partial charge in [0.15, 0.2) is 6.61 Å². The number of rotatable bonds is 6. The van der Waals surface area contributed by atoms with E-state index in [2.05, 4.69) is 0 Å². The lowest BCUT2D eigenvalue weighted by atomic mass is 9.86. The minimum atomic E-state index is -3.09. The number of halogens is 1. The van der Waals surface area contributed by atoms with Crippen LogP contribution in [0.3, 0.4) is 0 Å². The van der Waals surface area contributed by atoms with Gasteiger partial charge in [-0.1, -0.05) is 19.1 Å². The second kappa shape index (κ2) is 8.84. The molecule has 0 saturated heterocycles. The molecule has 4 rings (SSSR count). The van der Waals surface area contributed by atoms with Crippen LogP contribution in [0, 0.1) is 5.92 Å². The Morgan fingerprint density at radius 1 is 1.25 bits per heavy atom. The highest BCUT2D eigenvalue weighted by molar-refractivity contribution is 6.72. The number of fused-ring (bicyclic) bond motifs is 2. The van der Waals surface area contributed by atoms with Crippen LogP contribution >= 0.6 is 0 Å². The number of anilines is 2. The van der Waals surface area contributed by atoms with Crippen LogP contribution in [-0.4, -0.2) is 45.8 Å². The molecule has 172 valence electrons. The monoisotopic (exact) mass is 459 g/mol. The summed E-state index contributed by atoms with van der Waals surface area (Å²) < 4.78 is 32.9. The molecule has 0 radical (unpaired) electrons. The molecule has 0 aromatic heterocycles. The highest BCUT2D eigenvalue weighted by Crippen LogP contribution is 2.49. The van der Waals surface area contributed by atoms with Crippen molar-refractivity contribution in [3.05, 3.63) is 48.0 Å². The van der Waals surface area contributed by atoms with E-state index < -0.39 is 14.5 Å². The maximum atomic E-state index is 15.1. The summed E-state index contributed by atoms with van der Waals surface area (Å²) >= 11 is 0. The number of benzene rings is 2. The Bertz CT molecular complexity index is 995. The van der Waals surface area contributed by atoms with Gasteiger partial charge < -0.3 is 23.4 Å². The van der Waals surface area contributed by atoms with Crippen LogP contribution in [0.5, 0.6) is 11.5 Å². The second-order valence-corrected chi connectivity index (χ2v) is 12.9. The number of nitrogens with zero attached hydrogens (tertiary/aromatic N) is 1. The number of aliphatic hydroxyl groups is 1. The van der Waals surface area contributed by atoms with E-state index in [1.54, 1.807) is 25.1 Å². The lowest BCUT2D eigenvalue weighted by Crippen LogP contribution is -2.46. The summed E-state index contributed by atoms with van der Waals surface area (Å²) in [6.45, 7) is 5.19. The molecule has 0 fully saturated rings. The third-order valence-corrected chi connectivity index (χ3v) is 8.88. The summed E-state index contributed by atoms with van der Waals surface area (Å²) in [6, 6.07) is 13.0. The number of carbonyl (C=O) groups is 1.